The quantitative estimate of drug-likeness (QED) is 0.597. The Morgan fingerprint density at radius 1 is 1.19 bits per heavy atom. The Bertz CT molecular complexity index is 761. The van der Waals surface area contributed by atoms with Crippen molar-refractivity contribution in [1.29, 1.82) is 0 Å². The first kappa shape index (κ1) is 19.9. The minimum atomic E-state index is 0.300. The third-order valence-corrected chi connectivity index (χ3v) is 5.30. The van der Waals surface area contributed by atoms with E-state index in [2.05, 4.69) is 58.5 Å². The summed E-state index contributed by atoms with van der Waals surface area (Å²) in [4.78, 5) is 13.6. The molecule has 0 aliphatic carbocycles. The van der Waals surface area contributed by atoms with Gasteiger partial charge in [-0.1, -0.05) is 45.8 Å². The lowest BCUT2D eigenvalue weighted by Gasteiger charge is -2.16. The van der Waals surface area contributed by atoms with Crippen molar-refractivity contribution in [2.75, 3.05) is 19.6 Å². The monoisotopic (exact) mass is 430 g/mol. The summed E-state index contributed by atoms with van der Waals surface area (Å²) in [5, 5.41) is 3.47. The fourth-order valence-corrected chi connectivity index (χ4v) is 3.64. The maximum absolute atomic E-state index is 11.6. The number of likely N-dealkylation sites (tertiary alicyclic amines) is 1. The van der Waals surface area contributed by atoms with Crippen LogP contribution in [0.15, 0.2) is 46.9 Å². The molecule has 1 amide bonds. The number of halogens is 1. The van der Waals surface area contributed by atoms with Gasteiger partial charge >= 0.3 is 0 Å². The molecule has 0 bridgehead atoms. The highest BCUT2D eigenvalue weighted by atomic mass is 79.9. The summed E-state index contributed by atoms with van der Waals surface area (Å²) in [5.74, 6) is 1.20. The smallest absolute Gasteiger partial charge is 0.222 e. The molecule has 1 aliphatic heterocycles. The van der Waals surface area contributed by atoms with Crippen LogP contribution in [0.2, 0.25) is 0 Å². The predicted molar refractivity (Wildman–Crippen MR) is 112 cm³/mol. The number of hydrogen-bond donors (Lipinski definition) is 1. The lowest BCUT2D eigenvalue weighted by molar-refractivity contribution is -0.127. The van der Waals surface area contributed by atoms with Crippen LogP contribution in [0.5, 0.6) is 5.75 Å². The van der Waals surface area contributed by atoms with E-state index in [9.17, 15) is 4.79 Å². The molecule has 1 N–H and O–H groups in total. The van der Waals surface area contributed by atoms with Crippen LogP contribution in [0.25, 0.3) is 0 Å². The molecule has 0 atom stereocenters. The number of aryl methyl sites for hydroxylation is 1. The molecule has 0 aromatic heterocycles. The van der Waals surface area contributed by atoms with Gasteiger partial charge in [-0.2, -0.15) is 0 Å². The second kappa shape index (κ2) is 9.90. The van der Waals surface area contributed by atoms with E-state index in [1.165, 1.54) is 5.56 Å². The standard InChI is InChI=1S/C22H27BrN2O2/c1-17-5-7-18(8-6-17)16-27-21-10-9-20(23)14-19(21)15-24-11-3-13-25-12-2-4-22(25)26/h5-10,14,24H,2-4,11-13,15-16H2,1H3. The van der Waals surface area contributed by atoms with Crippen molar-refractivity contribution < 1.29 is 9.53 Å². The molecule has 1 heterocycles. The van der Waals surface area contributed by atoms with Gasteiger partial charge in [0, 0.05) is 36.1 Å². The molecule has 0 saturated carbocycles. The van der Waals surface area contributed by atoms with Crippen LogP contribution in [0.4, 0.5) is 0 Å². The van der Waals surface area contributed by atoms with Crippen LogP contribution in [-0.4, -0.2) is 30.4 Å². The number of carbonyl (C=O) groups excluding carboxylic acids is 1. The van der Waals surface area contributed by atoms with Gasteiger partial charge in [0.25, 0.3) is 0 Å². The van der Waals surface area contributed by atoms with E-state index in [0.717, 1.165) is 60.4 Å². The summed E-state index contributed by atoms with van der Waals surface area (Å²) >= 11 is 3.55. The van der Waals surface area contributed by atoms with Crippen molar-refractivity contribution in [3.8, 4) is 5.75 Å². The maximum atomic E-state index is 11.6. The van der Waals surface area contributed by atoms with Gasteiger partial charge in [-0.3, -0.25) is 4.79 Å². The second-order valence-corrected chi connectivity index (χ2v) is 7.96. The number of rotatable bonds is 9. The maximum Gasteiger partial charge on any atom is 0.222 e. The Labute approximate surface area is 170 Å². The van der Waals surface area contributed by atoms with E-state index in [0.29, 0.717) is 18.9 Å². The van der Waals surface area contributed by atoms with E-state index in [4.69, 9.17) is 4.74 Å². The Morgan fingerprint density at radius 2 is 2.00 bits per heavy atom. The minimum absolute atomic E-state index is 0.300. The third-order valence-electron chi connectivity index (χ3n) is 4.81. The molecular formula is C22H27BrN2O2. The topological polar surface area (TPSA) is 41.6 Å². The largest absolute Gasteiger partial charge is 0.489 e. The van der Waals surface area contributed by atoms with Crippen LogP contribution >= 0.6 is 15.9 Å². The van der Waals surface area contributed by atoms with Crippen LogP contribution in [-0.2, 0) is 17.9 Å². The summed E-state index contributed by atoms with van der Waals surface area (Å²) in [6.45, 7) is 6.04. The number of nitrogens with zero attached hydrogens (tertiary/aromatic N) is 1. The van der Waals surface area contributed by atoms with E-state index in [-0.39, 0.29) is 0 Å². The van der Waals surface area contributed by atoms with Gasteiger partial charge in [0.15, 0.2) is 0 Å². The molecule has 0 radical (unpaired) electrons. The fraction of sp³-hybridized carbons (Fsp3) is 0.409. The van der Waals surface area contributed by atoms with Gasteiger partial charge in [-0.25, -0.2) is 0 Å². The first-order chi connectivity index (χ1) is 13.1. The minimum Gasteiger partial charge on any atom is -0.489 e. The normalized spacial score (nSPS) is 14.0. The Balaban J connectivity index is 1.48. The van der Waals surface area contributed by atoms with Gasteiger partial charge in [-0.05, 0) is 50.1 Å². The Morgan fingerprint density at radius 3 is 2.74 bits per heavy atom. The number of nitrogens with one attached hydrogen (secondary N) is 1. The Kier molecular flexibility index (Phi) is 7.30. The van der Waals surface area contributed by atoms with E-state index in [1.807, 2.05) is 17.0 Å². The van der Waals surface area contributed by atoms with Crippen LogP contribution in [0.3, 0.4) is 0 Å². The molecule has 4 nitrogen and oxygen atoms in total. The van der Waals surface area contributed by atoms with E-state index >= 15 is 0 Å². The number of hydrogen-bond acceptors (Lipinski definition) is 3. The zero-order valence-electron chi connectivity index (χ0n) is 15.8. The lowest BCUT2D eigenvalue weighted by Crippen LogP contribution is -2.28. The molecule has 1 fully saturated rings. The second-order valence-electron chi connectivity index (χ2n) is 7.04. The number of benzene rings is 2. The van der Waals surface area contributed by atoms with Crippen molar-refractivity contribution in [3.05, 3.63) is 63.6 Å². The van der Waals surface area contributed by atoms with Gasteiger partial charge < -0.3 is 15.0 Å². The highest BCUT2D eigenvalue weighted by Gasteiger charge is 2.18. The molecule has 5 heteroatoms. The highest BCUT2D eigenvalue weighted by molar-refractivity contribution is 9.10. The third kappa shape index (κ3) is 6.08. The summed E-state index contributed by atoms with van der Waals surface area (Å²) in [6.07, 6.45) is 2.69. The lowest BCUT2D eigenvalue weighted by atomic mass is 10.1. The van der Waals surface area contributed by atoms with E-state index < -0.39 is 0 Å². The molecule has 3 rings (SSSR count). The zero-order chi connectivity index (χ0) is 19.1. The van der Waals surface area contributed by atoms with Crippen LogP contribution in [0, 0.1) is 6.92 Å². The molecule has 1 aliphatic rings. The van der Waals surface area contributed by atoms with Gasteiger partial charge in [0.2, 0.25) is 5.91 Å². The van der Waals surface area contributed by atoms with Crippen molar-refractivity contribution in [2.24, 2.45) is 0 Å². The van der Waals surface area contributed by atoms with Gasteiger partial charge in [0.05, 0.1) is 0 Å². The number of carbonyl (C=O) groups is 1. The van der Waals surface area contributed by atoms with Crippen molar-refractivity contribution in [1.82, 2.24) is 10.2 Å². The molecule has 27 heavy (non-hydrogen) atoms. The summed E-state index contributed by atoms with van der Waals surface area (Å²) < 4.78 is 7.10. The number of ether oxygens (including phenoxy) is 1. The summed E-state index contributed by atoms with van der Waals surface area (Å²) in [6, 6.07) is 14.5. The highest BCUT2D eigenvalue weighted by Crippen LogP contribution is 2.24. The average Bonchev–Trinajstić information content (AvgIpc) is 3.07. The first-order valence-corrected chi connectivity index (χ1v) is 10.4. The van der Waals surface area contributed by atoms with Crippen LogP contribution in [0.1, 0.15) is 36.0 Å². The zero-order valence-corrected chi connectivity index (χ0v) is 17.4. The Hall–Kier alpha value is -1.85. The molecule has 0 unspecified atom stereocenters. The predicted octanol–water partition coefficient (Wildman–Crippen LogP) is 4.44. The molecule has 144 valence electrons. The van der Waals surface area contributed by atoms with E-state index in [1.54, 1.807) is 0 Å². The van der Waals surface area contributed by atoms with Crippen molar-refractivity contribution in [2.45, 2.75) is 39.3 Å². The van der Waals surface area contributed by atoms with Crippen molar-refractivity contribution in [3.63, 3.8) is 0 Å². The van der Waals surface area contributed by atoms with Crippen LogP contribution < -0.4 is 10.1 Å². The fourth-order valence-electron chi connectivity index (χ4n) is 3.23. The molecule has 0 spiro atoms. The van der Waals surface area contributed by atoms with Gasteiger partial charge in [0.1, 0.15) is 12.4 Å². The van der Waals surface area contributed by atoms with Gasteiger partial charge in [-0.15, -0.1) is 0 Å². The molecule has 2 aromatic carbocycles. The SMILES string of the molecule is Cc1ccc(COc2ccc(Br)cc2CNCCCN2CCCC2=O)cc1. The summed E-state index contributed by atoms with van der Waals surface area (Å²) in [5.41, 5.74) is 3.55. The molecular weight excluding hydrogens is 404 g/mol. The first-order valence-electron chi connectivity index (χ1n) is 9.57. The molecule has 1 saturated heterocycles. The average molecular weight is 431 g/mol. The van der Waals surface area contributed by atoms with Crippen molar-refractivity contribution >= 4 is 21.8 Å². The number of amides is 1. The molecule has 2 aromatic rings. The summed E-state index contributed by atoms with van der Waals surface area (Å²) in [7, 11) is 0.